The smallest absolute Gasteiger partial charge is 0.379 e. The van der Waals surface area contributed by atoms with Crippen LogP contribution in [0.4, 0.5) is 0 Å². The Morgan fingerprint density at radius 3 is 2.88 bits per heavy atom. The van der Waals surface area contributed by atoms with E-state index >= 15 is 0 Å². The topological polar surface area (TPSA) is 72.8 Å². The fraction of sp³-hybridized carbons (Fsp3) is 0.500. The summed E-state index contributed by atoms with van der Waals surface area (Å²) in [6.07, 6.45) is 2.00. The molecule has 0 fully saturated rings. The Bertz CT molecular complexity index is 444. The molecule has 0 aromatic rings. The molecule has 1 aliphatic heterocycles. The van der Waals surface area contributed by atoms with Gasteiger partial charge in [-0.3, -0.25) is 0 Å². The van der Waals surface area contributed by atoms with Crippen LogP contribution in [0.25, 0.3) is 0 Å². The molecule has 0 saturated carbocycles. The van der Waals surface area contributed by atoms with Gasteiger partial charge in [0.15, 0.2) is 0 Å². The average Bonchev–Trinajstić information content (AvgIpc) is 2.64. The Kier molecular flexibility index (Phi) is 2.92. The number of hydrogen-bond donors (Lipinski definition) is 1. The summed E-state index contributed by atoms with van der Waals surface area (Å²) < 4.78 is 9.61. The summed E-state index contributed by atoms with van der Waals surface area (Å²) in [5, 5.41) is 9.69. The van der Waals surface area contributed by atoms with Gasteiger partial charge < -0.3 is 14.6 Å². The highest BCUT2D eigenvalue weighted by atomic mass is 16.6. The van der Waals surface area contributed by atoms with Crippen molar-refractivity contribution in [1.29, 1.82) is 0 Å². The summed E-state index contributed by atoms with van der Waals surface area (Å²) >= 11 is 0. The van der Waals surface area contributed by atoms with E-state index in [2.05, 4.69) is 4.74 Å². The van der Waals surface area contributed by atoms with Crippen LogP contribution in [0.3, 0.4) is 0 Å². The third-order valence-corrected chi connectivity index (χ3v) is 3.24. The lowest BCUT2D eigenvalue weighted by Gasteiger charge is -2.23. The number of ether oxygens (including phenoxy) is 2. The van der Waals surface area contributed by atoms with Crippen molar-refractivity contribution in [3.63, 3.8) is 0 Å². The second-order valence-electron chi connectivity index (χ2n) is 4.09. The fourth-order valence-electron chi connectivity index (χ4n) is 2.32. The van der Waals surface area contributed by atoms with E-state index in [0.29, 0.717) is 24.0 Å². The standard InChI is InChI=1S/C12H14O5/c1-3-6-4-5-7(11(14)16-2)10-8(6)9(13)12(15)17-10/h6,13H,3-5H2,1-2H3. The van der Waals surface area contributed by atoms with Gasteiger partial charge >= 0.3 is 11.9 Å². The van der Waals surface area contributed by atoms with Gasteiger partial charge in [0.25, 0.3) is 0 Å². The molecule has 5 nitrogen and oxygen atoms in total. The van der Waals surface area contributed by atoms with Crippen LogP contribution in [0.2, 0.25) is 0 Å². The fourth-order valence-corrected chi connectivity index (χ4v) is 2.32. The predicted octanol–water partition coefficient (Wildman–Crippen LogP) is 1.60. The molecule has 0 amide bonds. The van der Waals surface area contributed by atoms with Crippen molar-refractivity contribution < 1.29 is 24.2 Å². The molecule has 1 N–H and O–H groups in total. The number of methoxy groups -OCH3 is 1. The number of aliphatic hydroxyl groups is 1. The van der Waals surface area contributed by atoms with E-state index in [1.165, 1.54) is 7.11 Å². The van der Waals surface area contributed by atoms with Crippen molar-refractivity contribution in [3.8, 4) is 0 Å². The van der Waals surface area contributed by atoms with Gasteiger partial charge in [0.05, 0.1) is 12.7 Å². The van der Waals surface area contributed by atoms with Crippen molar-refractivity contribution in [1.82, 2.24) is 0 Å². The van der Waals surface area contributed by atoms with E-state index < -0.39 is 11.9 Å². The van der Waals surface area contributed by atoms with E-state index in [1.54, 1.807) is 0 Å². The summed E-state index contributed by atoms with van der Waals surface area (Å²) in [6, 6.07) is 0. The highest BCUT2D eigenvalue weighted by Gasteiger charge is 2.40. The molecule has 17 heavy (non-hydrogen) atoms. The van der Waals surface area contributed by atoms with E-state index in [1.807, 2.05) is 6.92 Å². The van der Waals surface area contributed by atoms with Gasteiger partial charge in [0.1, 0.15) is 5.76 Å². The lowest BCUT2D eigenvalue weighted by Crippen LogP contribution is -2.18. The molecule has 1 atom stereocenters. The molecule has 0 radical (unpaired) electrons. The normalized spacial score (nSPS) is 23.6. The maximum absolute atomic E-state index is 11.5. The molecule has 2 rings (SSSR count). The van der Waals surface area contributed by atoms with Crippen LogP contribution < -0.4 is 0 Å². The number of esters is 2. The van der Waals surface area contributed by atoms with E-state index in [0.717, 1.165) is 6.42 Å². The second-order valence-corrected chi connectivity index (χ2v) is 4.09. The minimum Gasteiger partial charge on any atom is -0.502 e. The number of fused-ring (bicyclic) bond motifs is 1. The highest BCUT2D eigenvalue weighted by Crippen LogP contribution is 2.42. The van der Waals surface area contributed by atoms with E-state index in [9.17, 15) is 14.7 Å². The van der Waals surface area contributed by atoms with E-state index in [-0.39, 0.29) is 17.4 Å². The molecule has 1 aliphatic carbocycles. The highest BCUT2D eigenvalue weighted by molar-refractivity contribution is 5.97. The third kappa shape index (κ3) is 1.71. The lowest BCUT2D eigenvalue weighted by atomic mass is 9.82. The van der Waals surface area contributed by atoms with Crippen molar-refractivity contribution in [2.75, 3.05) is 7.11 Å². The van der Waals surface area contributed by atoms with E-state index in [4.69, 9.17) is 4.74 Å². The van der Waals surface area contributed by atoms with Crippen LogP contribution >= 0.6 is 0 Å². The lowest BCUT2D eigenvalue weighted by molar-refractivity contribution is -0.137. The van der Waals surface area contributed by atoms with Crippen molar-refractivity contribution in [2.45, 2.75) is 26.2 Å². The van der Waals surface area contributed by atoms with Crippen LogP contribution in [-0.2, 0) is 19.1 Å². The van der Waals surface area contributed by atoms with Crippen molar-refractivity contribution in [3.05, 3.63) is 22.7 Å². The number of carbonyl (C=O) groups excluding carboxylic acids is 2. The molecule has 92 valence electrons. The van der Waals surface area contributed by atoms with Gasteiger partial charge in [-0.15, -0.1) is 0 Å². The first-order valence-electron chi connectivity index (χ1n) is 5.57. The Balaban J connectivity index is 2.51. The van der Waals surface area contributed by atoms with Crippen LogP contribution in [-0.4, -0.2) is 24.2 Å². The number of rotatable bonds is 2. The molecule has 0 bridgehead atoms. The molecular weight excluding hydrogens is 224 g/mol. The molecule has 1 unspecified atom stereocenters. The summed E-state index contributed by atoms with van der Waals surface area (Å²) in [7, 11) is 1.28. The summed E-state index contributed by atoms with van der Waals surface area (Å²) in [5.74, 6) is -1.39. The van der Waals surface area contributed by atoms with Crippen molar-refractivity contribution >= 4 is 11.9 Å². The minimum absolute atomic E-state index is 0.0601. The summed E-state index contributed by atoms with van der Waals surface area (Å²) in [4.78, 5) is 22.9. The van der Waals surface area contributed by atoms with Crippen LogP contribution in [0.5, 0.6) is 0 Å². The molecule has 0 aromatic heterocycles. The summed E-state index contributed by atoms with van der Waals surface area (Å²) in [5.41, 5.74) is 0.800. The van der Waals surface area contributed by atoms with Crippen molar-refractivity contribution in [2.24, 2.45) is 5.92 Å². The largest absolute Gasteiger partial charge is 0.502 e. The molecule has 0 aromatic carbocycles. The monoisotopic (exact) mass is 238 g/mol. The van der Waals surface area contributed by atoms with Gasteiger partial charge in [-0.1, -0.05) is 6.92 Å². The predicted molar refractivity (Wildman–Crippen MR) is 57.8 cm³/mol. The number of hydrogen-bond acceptors (Lipinski definition) is 5. The van der Waals surface area contributed by atoms with Gasteiger partial charge in [0.2, 0.25) is 5.76 Å². The number of aliphatic hydroxyl groups excluding tert-OH is 1. The number of allylic oxidation sites excluding steroid dienone is 1. The van der Waals surface area contributed by atoms with Gasteiger partial charge in [0, 0.05) is 5.57 Å². The maximum atomic E-state index is 11.5. The first-order valence-corrected chi connectivity index (χ1v) is 5.57. The molecule has 0 saturated heterocycles. The van der Waals surface area contributed by atoms with Crippen LogP contribution in [0, 0.1) is 5.92 Å². The average molecular weight is 238 g/mol. The first-order chi connectivity index (χ1) is 8.10. The molecule has 2 aliphatic rings. The Labute approximate surface area is 98.7 Å². The zero-order chi connectivity index (χ0) is 12.6. The SMILES string of the molecule is CCC1CCC(C(=O)OC)=C2OC(=O)C(O)=C21. The summed E-state index contributed by atoms with van der Waals surface area (Å²) in [6.45, 7) is 1.97. The first kappa shape index (κ1) is 11.7. The molecule has 5 heteroatoms. The van der Waals surface area contributed by atoms with Gasteiger partial charge in [-0.05, 0) is 25.2 Å². The molecule has 1 heterocycles. The molecular formula is C12H14O5. The maximum Gasteiger partial charge on any atom is 0.379 e. The third-order valence-electron chi connectivity index (χ3n) is 3.24. The minimum atomic E-state index is -0.781. The Morgan fingerprint density at radius 2 is 2.29 bits per heavy atom. The van der Waals surface area contributed by atoms with Crippen LogP contribution in [0.15, 0.2) is 22.7 Å². The quantitative estimate of drug-likeness (QED) is 0.740. The number of carbonyl (C=O) groups is 2. The van der Waals surface area contributed by atoms with Gasteiger partial charge in [-0.25, -0.2) is 9.59 Å². The van der Waals surface area contributed by atoms with Gasteiger partial charge in [-0.2, -0.15) is 0 Å². The molecule has 0 spiro atoms. The zero-order valence-electron chi connectivity index (χ0n) is 9.78. The zero-order valence-corrected chi connectivity index (χ0v) is 9.78. The Morgan fingerprint density at radius 1 is 1.59 bits per heavy atom. The Hall–Kier alpha value is -1.78. The van der Waals surface area contributed by atoms with Crippen LogP contribution in [0.1, 0.15) is 26.2 Å². The second kappa shape index (κ2) is 4.24.